The van der Waals surface area contributed by atoms with Crippen LogP contribution in [0, 0.1) is 0 Å². The zero-order chi connectivity index (χ0) is 12.1. The maximum Gasteiger partial charge on any atom is 0.309 e. The number of carbonyl (C=O) groups excluding carboxylic acids is 1. The third-order valence-corrected chi connectivity index (χ3v) is 2.62. The molecule has 0 unspecified atom stereocenters. The van der Waals surface area contributed by atoms with E-state index in [1.165, 1.54) is 16.2 Å². The minimum absolute atomic E-state index is 0.0602. The van der Waals surface area contributed by atoms with Crippen molar-refractivity contribution in [2.24, 2.45) is 0 Å². The molecule has 0 saturated carbocycles. The molecule has 2 N–H and O–H groups in total. The molecule has 6 nitrogen and oxygen atoms in total. The van der Waals surface area contributed by atoms with Crippen LogP contribution >= 0.6 is 11.3 Å². The van der Waals surface area contributed by atoms with Crippen LogP contribution in [0.2, 0.25) is 0 Å². The fraction of sp³-hybridized carbons (Fsp3) is 0.444. The normalized spacial score (nSPS) is 9.88. The van der Waals surface area contributed by atoms with Gasteiger partial charge in [0.2, 0.25) is 5.91 Å². The number of anilines is 1. The van der Waals surface area contributed by atoms with Crippen molar-refractivity contribution in [3.63, 3.8) is 0 Å². The van der Waals surface area contributed by atoms with Crippen molar-refractivity contribution in [1.82, 2.24) is 9.88 Å². The monoisotopic (exact) mass is 243 g/mol. The van der Waals surface area contributed by atoms with Gasteiger partial charge in [-0.25, -0.2) is 4.98 Å². The zero-order valence-electron chi connectivity index (χ0n) is 9.06. The van der Waals surface area contributed by atoms with Gasteiger partial charge < -0.3 is 15.3 Å². The number of aromatic nitrogens is 1. The topological polar surface area (TPSA) is 82.5 Å². The van der Waals surface area contributed by atoms with E-state index in [0.717, 1.165) is 0 Å². The lowest BCUT2D eigenvalue weighted by atomic mass is 10.3. The quantitative estimate of drug-likeness (QED) is 0.775. The highest BCUT2D eigenvalue weighted by Gasteiger charge is 2.08. The number of nitrogens with one attached hydrogen (secondary N) is 1. The van der Waals surface area contributed by atoms with Crippen LogP contribution in [0.25, 0.3) is 0 Å². The number of amides is 1. The van der Waals surface area contributed by atoms with Crippen LogP contribution in [-0.4, -0.2) is 47.5 Å². The van der Waals surface area contributed by atoms with Crippen molar-refractivity contribution in [1.29, 1.82) is 0 Å². The molecular formula is C9H13N3O3S. The van der Waals surface area contributed by atoms with Gasteiger partial charge in [0.25, 0.3) is 0 Å². The molecular weight excluding hydrogens is 230 g/mol. The summed E-state index contributed by atoms with van der Waals surface area (Å²) in [5.41, 5.74) is 0.498. The number of carboxylic acids is 1. The summed E-state index contributed by atoms with van der Waals surface area (Å²) in [6.07, 6.45) is -0.0974. The van der Waals surface area contributed by atoms with E-state index in [9.17, 15) is 9.59 Å². The second kappa shape index (κ2) is 5.45. The van der Waals surface area contributed by atoms with Crippen molar-refractivity contribution >= 4 is 28.3 Å². The molecule has 1 rings (SSSR count). The number of aliphatic carboxylic acids is 1. The van der Waals surface area contributed by atoms with E-state index in [1.807, 2.05) is 0 Å². The lowest BCUT2D eigenvalue weighted by Gasteiger charge is -2.09. The third kappa shape index (κ3) is 3.85. The first-order valence-corrected chi connectivity index (χ1v) is 5.47. The molecule has 0 atom stereocenters. The summed E-state index contributed by atoms with van der Waals surface area (Å²) in [4.78, 5) is 27.2. The first-order valence-electron chi connectivity index (χ1n) is 4.59. The molecule has 1 heterocycles. The number of rotatable bonds is 5. The highest BCUT2D eigenvalue weighted by atomic mass is 32.1. The molecule has 0 aliphatic carbocycles. The van der Waals surface area contributed by atoms with Gasteiger partial charge in [0.15, 0.2) is 5.13 Å². The average molecular weight is 243 g/mol. The van der Waals surface area contributed by atoms with Gasteiger partial charge in [-0.1, -0.05) is 0 Å². The standard InChI is InChI=1S/C9H13N3O3S/c1-12(2)7(13)4-10-9-11-6(5-16-9)3-8(14)15/h5H,3-4H2,1-2H3,(H,10,11)(H,14,15). The Hall–Kier alpha value is -1.63. The van der Waals surface area contributed by atoms with Gasteiger partial charge in [-0.05, 0) is 0 Å². The molecule has 0 aromatic carbocycles. The van der Waals surface area contributed by atoms with Crippen molar-refractivity contribution in [3.05, 3.63) is 11.1 Å². The Labute approximate surface area is 96.9 Å². The number of hydrogen-bond acceptors (Lipinski definition) is 5. The Kier molecular flexibility index (Phi) is 4.24. The minimum Gasteiger partial charge on any atom is -0.481 e. The molecule has 0 bridgehead atoms. The van der Waals surface area contributed by atoms with Gasteiger partial charge in [0.05, 0.1) is 18.7 Å². The van der Waals surface area contributed by atoms with E-state index in [0.29, 0.717) is 10.8 Å². The molecule has 16 heavy (non-hydrogen) atoms. The Balaban J connectivity index is 2.46. The number of thiazole rings is 1. The van der Waals surface area contributed by atoms with E-state index >= 15 is 0 Å². The number of carbonyl (C=O) groups is 2. The molecule has 1 aromatic heterocycles. The highest BCUT2D eigenvalue weighted by Crippen LogP contribution is 2.15. The van der Waals surface area contributed by atoms with E-state index in [-0.39, 0.29) is 18.9 Å². The Morgan fingerprint density at radius 2 is 2.25 bits per heavy atom. The summed E-state index contributed by atoms with van der Waals surface area (Å²) < 4.78 is 0. The highest BCUT2D eigenvalue weighted by molar-refractivity contribution is 7.13. The van der Waals surface area contributed by atoms with E-state index in [2.05, 4.69) is 10.3 Å². The minimum atomic E-state index is -0.916. The molecule has 0 spiro atoms. The van der Waals surface area contributed by atoms with Crippen molar-refractivity contribution < 1.29 is 14.7 Å². The first-order chi connectivity index (χ1) is 7.49. The van der Waals surface area contributed by atoms with Crippen molar-refractivity contribution in [2.75, 3.05) is 26.0 Å². The molecule has 0 aliphatic heterocycles. The molecule has 88 valence electrons. The molecule has 0 saturated heterocycles. The van der Waals surface area contributed by atoms with Crippen LogP contribution in [0.15, 0.2) is 5.38 Å². The largest absolute Gasteiger partial charge is 0.481 e. The third-order valence-electron chi connectivity index (χ3n) is 1.77. The fourth-order valence-electron chi connectivity index (χ4n) is 0.934. The molecule has 1 aromatic rings. The second-order valence-corrected chi connectivity index (χ2v) is 4.21. The summed E-state index contributed by atoms with van der Waals surface area (Å²) >= 11 is 1.29. The Morgan fingerprint density at radius 3 is 2.81 bits per heavy atom. The van der Waals surface area contributed by atoms with Crippen molar-refractivity contribution in [3.8, 4) is 0 Å². The van der Waals surface area contributed by atoms with E-state index < -0.39 is 5.97 Å². The van der Waals surface area contributed by atoms with Crippen LogP contribution in [0.3, 0.4) is 0 Å². The Morgan fingerprint density at radius 1 is 1.56 bits per heavy atom. The van der Waals surface area contributed by atoms with Crippen molar-refractivity contribution in [2.45, 2.75) is 6.42 Å². The summed E-state index contributed by atoms with van der Waals surface area (Å²) in [5, 5.41) is 13.6. The van der Waals surface area contributed by atoms with Gasteiger partial charge in [-0.3, -0.25) is 9.59 Å². The number of likely N-dealkylation sites (N-methyl/N-ethyl adjacent to an activating group) is 1. The number of nitrogens with zero attached hydrogens (tertiary/aromatic N) is 2. The summed E-state index contributed by atoms with van der Waals surface area (Å²) in [6.45, 7) is 0.160. The lowest BCUT2D eigenvalue weighted by Crippen LogP contribution is -2.28. The zero-order valence-corrected chi connectivity index (χ0v) is 9.87. The molecule has 7 heteroatoms. The first kappa shape index (κ1) is 12.4. The average Bonchev–Trinajstić information content (AvgIpc) is 2.60. The Bertz CT molecular complexity index is 389. The van der Waals surface area contributed by atoms with E-state index in [1.54, 1.807) is 19.5 Å². The van der Waals surface area contributed by atoms with Gasteiger partial charge >= 0.3 is 5.97 Å². The molecule has 0 radical (unpaired) electrons. The predicted molar refractivity (Wildman–Crippen MR) is 60.6 cm³/mol. The van der Waals surface area contributed by atoms with Gasteiger partial charge in [0, 0.05) is 19.5 Å². The fourth-order valence-corrected chi connectivity index (χ4v) is 1.64. The molecule has 0 aliphatic rings. The lowest BCUT2D eigenvalue weighted by molar-refractivity contribution is -0.136. The maximum atomic E-state index is 11.2. The predicted octanol–water partition coefficient (Wildman–Crippen LogP) is 0.270. The summed E-state index contributed by atoms with van der Waals surface area (Å²) in [7, 11) is 3.34. The van der Waals surface area contributed by atoms with Gasteiger partial charge in [-0.2, -0.15) is 0 Å². The van der Waals surface area contributed by atoms with Crippen LogP contribution in [0.5, 0.6) is 0 Å². The van der Waals surface area contributed by atoms with Crippen LogP contribution < -0.4 is 5.32 Å². The van der Waals surface area contributed by atoms with Gasteiger partial charge in [-0.15, -0.1) is 11.3 Å². The number of hydrogen-bond donors (Lipinski definition) is 2. The maximum absolute atomic E-state index is 11.2. The summed E-state index contributed by atoms with van der Waals surface area (Å²) in [5.74, 6) is -0.976. The van der Waals surface area contributed by atoms with Crippen LogP contribution in [-0.2, 0) is 16.0 Å². The van der Waals surface area contributed by atoms with Crippen LogP contribution in [0.4, 0.5) is 5.13 Å². The van der Waals surface area contributed by atoms with E-state index in [4.69, 9.17) is 5.11 Å². The second-order valence-electron chi connectivity index (χ2n) is 3.36. The summed E-state index contributed by atoms with van der Waals surface area (Å²) in [6, 6.07) is 0. The van der Waals surface area contributed by atoms with Crippen LogP contribution in [0.1, 0.15) is 5.69 Å². The van der Waals surface area contributed by atoms with Gasteiger partial charge in [0.1, 0.15) is 0 Å². The SMILES string of the molecule is CN(C)C(=O)CNc1nc(CC(=O)O)cs1. The number of carboxylic acid groups (broad SMARTS) is 1. The molecule has 0 fully saturated rings. The molecule has 1 amide bonds. The smallest absolute Gasteiger partial charge is 0.309 e.